The maximum atomic E-state index is 13.7. The number of hydrogen-bond donors (Lipinski definition) is 0. The van der Waals surface area contributed by atoms with Crippen LogP contribution < -0.4 is 5.56 Å². The van der Waals surface area contributed by atoms with Crippen molar-refractivity contribution in [3.63, 3.8) is 0 Å². The second-order valence-corrected chi connectivity index (χ2v) is 8.77. The van der Waals surface area contributed by atoms with E-state index in [9.17, 15) is 19.7 Å². The molecule has 178 valence electrons. The third-order valence-corrected chi connectivity index (χ3v) is 6.33. The molecule has 35 heavy (non-hydrogen) atoms. The first-order valence-corrected chi connectivity index (χ1v) is 11.2. The minimum Gasteiger partial charge on any atom is -0.332 e. The molecule has 8 nitrogen and oxygen atoms in total. The van der Waals surface area contributed by atoms with E-state index < -0.39 is 16.9 Å². The number of hydrogen-bond acceptors (Lipinski definition) is 5. The van der Waals surface area contributed by atoms with E-state index in [0.29, 0.717) is 28.0 Å². The molecule has 0 N–H and O–H groups in total. The average molecular weight is 471 g/mol. The van der Waals surface area contributed by atoms with E-state index in [1.807, 2.05) is 38.1 Å². The largest absolute Gasteiger partial charge is 0.332 e. The molecule has 0 saturated heterocycles. The smallest absolute Gasteiger partial charge is 0.273 e. The molecule has 4 aromatic rings. The zero-order valence-corrected chi connectivity index (χ0v) is 20.3. The first kappa shape index (κ1) is 23.8. The number of aryl methyl sites for hydroxylation is 3. The van der Waals surface area contributed by atoms with E-state index in [4.69, 9.17) is 4.98 Å². The number of carbonyl (C=O) groups is 1. The summed E-state index contributed by atoms with van der Waals surface area (Å²) < 4.78 is 1.57. The molecule has 8 heteroatoms. The molecule has 4 rings (SSSR count). The molecule has 0 aliphatic heterocycles. The number of nitro benzene ring substituents is 1. The van der Waals surface area contributed by atoms with Gasteiger partial charge in [-0.2, -0.15) is 0 Å². The second kappa shape index (κ2) is 9.13. The highest BCUT2D eigenvalue weighted by atomic mass is 16.6. The minimum absolute atomic E-state index is 0.118. The molecule has 1 amide bonds. The van der Waals surface area contributed by atoms with Crippen LogP contribution in [-0.2, 0) is 0 Å². The Bertz CT molecular complexity index is 1540. The van der Waals surface area contributed by atoms with Crippen LogP contribution in [0, 0.1) is 30.9 Å². The van der Waals surface area contributed by atoms with Crippen molar-refractivity contribution >= 4 is 22.5 Å². The fourth-order valence-electron chi connectivity index (χ4n) is 4.12. The quantitative estimate of drug-likeness (QED) is 0.300. The van der Waals surface area contributed by atoms with Crippen LogP contribution in [0.15, 0.2) is 65.5 Å². The molecule has 1 unspecified atom stereocenters. The number of amides is 1. The lowest BCUT2D eigenvalue weighted by atomic mass is 10.1. The molecular weight excluding hydrogens is 444 g/mol. The highest BCUT2D eigenvalue weighted by Gasteiger charge is 2.26. The summed E-state index contributed by atoms with van der Waals surface area (Å²) in [5, 5.41) is 11.9. The van der Waals surface area contributed by atoms with E-state index in [1.54, 1.807) is 55.8 Å². The highest BCUT2D eigenvalue weighted by molar-refractivity contribution is 5.95. The van der Waals surface area contributed by atoms with Crippen molar-refractivity contribution in [3.8, 4) is 5.69 Å². The summed E-state index contributed by atoms with van der Waals surface area (Å²) in [6.45, 7) is 7.29. The lowest BCUT2D eigenvalue weighted by Crippen LogP contribution is -2.35. The number of benzene rings is 3. The van der Waals surface area contributed by atoms with Gasteiger partial charge in [-0.1, -0.05) is 30.3 Å². The van der Waals surface area contributed by atoms with E-state index >= 15 is 0 Å². The number of fused-ring (bicyclic) bond motifs is 1. The van der Waals surface area contributed by atoms with Crippen LogP contribution in [0.5, 0.6) is 0 Å². The molecule has 3 aromatic carbocycles. The number of nitrogens with zero attached hydrogens (tertiary/aromatic N) is 4. The number of aromatic nitrogens is 2. The van der Waals surface area contributed by atoms with Gasteiger partial charge in [0.2, 0.25) is 0 Å². The standard InChI is InChI=1S/C27H26N4O4/c1-16-10-11-17(2)23(14-16)30-25(28-22-9-7-6-8-21(22)27(30)33)19(4)29(5)26(32)20-13-12-18(3)24(15-20)31(34)35/h6-15,19H,1-5H3. The third kappa shape index (κ3) is 4.30. The molecule has 0 radical (unpaired) electrons. The maximum absolute atomic E-state index is 13.7. The summed E-state index contributed by atoms with van der Waals surface area (Å²) in [6, 6.07) is 16.8. The fraction of sp³-hybridized carbons (Fsp3) is 0.222. The summed E-state index contributed by atoms with van der Waals surface area (Å²) in [4.78, 5) is 44.2. The number of nitro groups is 1. The Morgan fingerprint density at radius 1 is 1.03 bits per heavy atom. The molecule has 0 bridgehead atoms. The van der Waals surface area contributed by atoms with Gasteiger partial charge in [0.15, 0.2) is 0 Å². The maximum Gasteiger partial charge on any atom is 0.273 e. The van der Waals surface area contributed by atoms with Crippen LogP contribution in [0.2, 0.25) is 0 Å². The minimum atomic E-state index is -0.611. The van der Waals surface area contributed by atoms with Gasteiger partial charge in [-0.25, -0.2) is 4.98 Å². The molecule has 0 aliphatic carbocycles. The van der Waals surface area contributed by atoms with Gasteiger partial charge in [-0.05, 0) is 63.1 Å². The number of rotatable bonds is 5. The molecule has 1 atom stereocenters. The normalized spacial score (nSPS) is 11.9. The van der Waals surface area contributed by atoms with Crippen molar-refractivity contribution in [2.24, 2.45) is 0 Å². The predicted molar refractivity (Wildman–Crippen MR) is 135 cm³/mol. The van der Waals surface area contributed by atoms with Crippen LogP contribution in [0.25, 0.3) is 16.6 Å². The Hall–Kier alpha value is -4.33. The Morgan fingerprint density at radius 2 is 1.71 bits per heavy atom. The van der Waals surface area contributed by atoms with Gasteiger partial charge < -0.3 is 4.90 Å². The van der Waals surface area contributed by atoms with Gasteiger partial charge in [0.1, 0.15) is 5.82 Å². The molecule has 0 aliphatic rings. The molecule has 1 aromatic heterocycles. The van der Waals surface area contributed by atoms with E-state index in [-0.39, 0.29) is 16.8 Å². The van der Waals surface area contributed by atoms with Gasteiger partial charge in [-0.15, -0.1) is 0 Å². The fourth-order valence-corrected chi connectivity index (χ4v) is 4.12. The van der Waals surface area contributed by atoms with Crippen molar-refractivity contribution in [1.82, 2.24) is 14.5 Å². The van der Waals surface area contributed by atoms with Crippen LogP contribution in [0.3, 0.4) is 0 Å². The van der Waals surface area contributed by atoms with Gasteiger partial charge in [0.05, 0.1) is 27.6 Å². The summed E-state index contributed by atoms with van der Waals surface area (Å²) in [5.41, 5.74) is 3.44. The van der Waals surface area contributed by atoms with Gasteiger partial charge in [-0.3, -0.25) is 24.3 Å². The van der Waals surface area contributed by atoms with Crippen molar-refractivity contribution in [2.75, 3.05) is 7.05 Å². The lowest BCUT2D eigenvalue weighted by molar-refractivity contribution is -0.385. The molecule has 0 spiro atoms. The topological polar surface area (TPSA) is 98.3 Å². The summed E-state index contributed by atoms with van der Waals surface area (Å²) in [5.74, 6) is -0.00427. The molecule has 0 fully saturated rings. The third-order valence-electron chi connectivity index (χ3n) is 6.33. The van der Waals surface area contributed by atoms with Crippen molar-refractivity contribution in [3.05, 3.63) is 109 Å². The van der Waals surface area contributed by atoms with Crippen LogP contribution in [-0.4, -0.2) is 32.3 Å². The number of para-hydroxylation sites is 1. The van der Waals surface area contributed by atoms with Crippen molar-refractivity contribution in [1.29, 1.82) is 0 Å². The second-order valence-electron chi connectivity index (χ2n) is 8.77. The first-order valence-electron chi connectivity index (χ1n) is 11.2. The van der Waals surface area contributed by atoms with Crippen LogP contribution in [0.1, 0.15) is 45.8 Å². The Labute approximate surface area is 202 Å². The lowest BCUT2D eigenvalue weighted by Gasteiger charge is -2.27. The predicted octanol–water partition coefficient (Wildman–Crippen LogP) is 5.05. The van der Waals surface area contributed by atoms with Gasteiger partial charge in [0.25, 0.3) is 17.2 Å². The van der Waals surface area contributed by atoms with E-state index in [1.165, 1.54) is 11.0 Å². The van der Waals surface area contributed by atoms with E-state index in [0.717, 1.165) is 11.1 Å². The summed E-state index contributed by atoms with van der Waals surface area (Å²) in [6.07, 6.45) is 0. The zero-order valence-electron chi connectivity index (χ0n) is 20.3. The Balaban J connectivity index is 1.88. The zero-order chi connectivity index (χ0) is 25.4. The average Bonchev–Trinajstić information content (AvgIpc) is 2.84. The number of carbonyl (C=O) groups excluding carboxylic acids is 1. The Kier molecular flexibility index (Phi) is 6.22. The SMILES string of the molecule is Cc1ccc(C)c(-n2c(C(C)N(C)C(=O)c3ccc(C)c([N+](=O)[O-])c3)nc3ccccc3c2=O)c1. The first-order chi connectivity index (χ1) is 16.6. The van der Waals surface area contributed by atoms with Crippen molar-refractivity contribution < 1.29 is 9.72 Å². The van der Waals surface area contributed by atoms with E-state index in [2.05, 4.69) is 0 Å². The van der Waals surface area contributed by atoms with Gasteiger partial charge in [0, 0.05) is 24.2 Å². The monoisotopic (exact) mass is 470 g/mol. The Morgan fingerprint density at radius 3 is 2.43 bits per heavy atom. The molecule has 1 heterocycles. The van der Waals surface area contributed by atoms with Crippen molar-refractivity contribution in [2.45, 2.75) is 33.7 Å². The summed E-state index contributed by atoms with van der Waals surface area (Å²) >= 11 is 0. The summed E-state index contributed by atoms with van der Waals surface area (Å²) in [7, 11) is 1.60. The highest BCUT2D eigenvalue weighted by Crippen LogP contribution is 2.26. The molecule has 0 saturated carbocycles. The van der Waals surface area contributed by atoms with Crippen LogP contribution in [0.4, 0.5) is 5.69 Å². The van der Waals surface area contributed by atoms with Crippen LogP contribution >= 0.6 is 0 Å². The van der Waals surface area contributed by atoms with Gasteiger partial charge >= 0.3 is 0 Å². The molecular formula is C27H26N4O4.